The van der Waals surface area contributed by atoms with Gasteiger partial charge in [0.15, 0.2) is 0 Å². The van der Waals surface area contributed by atoms with Crippen LogP contribution in [0.4, 0.5) is 0 Å². The molecule has 0 bridgehead atoms. The van der Waals surface area contributed by atoms with Crippen LogP contribution in [0.25, 0.3) is 6.08 Å². The maximum atomic E-state index is 2.39. The van der Waals surface area contributed by atoms with E-state index in [0.29, 0.717) is 0 Å². The van der Waals surface area contributed by atoms with Crippen molar-refractivity contribution in [3.05, 3.63) is 42.0 Å². The van der Waals surface area contributed by atoms with E-state index in [1.54, 1.807) is 0 Å². The molecular weight excluding hydrogens is 350 g/mol. The third-order valence-electron chi connectivity index (χ3n) is 6.13. The molecule has 0 aliphatic heterocycles. The van der Waals surface area contributed by atoms with E-state index in [1.165, 1.54) is 115 Å². The van der Waals surface area contributed by atoms with Gasteiger partial charge in [-0.25, -0.2) is 0 Å². The third-order valence-corrected chi connectivity index (χ3v) is 6.13. The molecule has 0 fully saturated rings. The summed E-state index contributed by atoms with van der Waals surface area (Å²) in [6, 6.07) is 10.6. The minimum Gasteiger partial charge on any atom is -0.328 e. The molecule has 0 heterocycles. The van der Waals surface area contributed by atoms with Crippen LogP contribution in [0.15, 0.2) is 36.4 Å². The first-order valence-electron chi connectivity index (χ1n) is 12.7. The molecule has 1 aromatic rings. The van der Waals surface area contributed by atoms with E-state index in [9.17, 15) is 0 Å². The fourth-order valence-corrected chi connectivity index (χ4v) is 4.05. The highest BCUT2D eigenvalue weighted by molar-refractivity contribution is 5.48. The lowest BCUT2D eigenvalue weighted by Gasteiger charge is -2.29. The Morgan fingerprint density at radius 2 is 1.10 bits per heavy atom. The van der Waals surface area contributed by atoms with Gasteiger partial charge in [0.25, 0.3) is 0 Å². The molecule has 0 aliphatic carbocycles. The molecular formula is C28H50N+. The fourth-order valence-electron chi connectivity index (χ4n) is 4.05. The molecule has 1 aromatic carbocycles. The second-order valence-electron chi connectivity index (χ2n) is 9.58. The fraction of sp³-hybridized carbons (Fsp3) is 0.714. The summed E-state index contributed by atoms with van der Waals surface area (Å²) >= 11 is 0. The minimum atomic E-state index is 1.15. The number of rotatable bonds is 19. The van der Waals surface area contributed by atoms with Crippen molar-refractivity contribution >= 4 is 6.08 Å². The van der Waals surface area contributed by atoms with E-state index in [4.69, 9.17) is 0 Å². The number of unbranched alkanes of at least 4 members (excludes halogenated alkanes) is 13. The average Bonchev–Trinajstić information content (AvgIpc) is 2.72. The number of quaternary nitrogens is 1. The minimum absolute atomic E-state index is 1.15. The standard InChI is InChI=1S/C28H50N/c1-4-5-6-7-8-9-10-11-12-13-14-15-16-21-26-29(2,3)27-22-20-25-28-23-18-17-19-24-28/h17-20,23-25H,4-16,21-22,26-27H2,1-3H3/q+1. The van der Waals surface area contributed by atoms with Gasteiger partial charge < -0.3 is 4.48 Å². The molecule has 166 valence electrons. The summed E-state index contributed by atoms with van der Waals surface area (Å²) in [6.45, 7) is 4.85. The first-order valence-corrected chi connectivity index (χ1v) is 12.7. The summed E-state index contributed by atoms with van der Waals surface area (Å²) < 4.78 is 1.15. The zero-order valence-electron chi connectivity index (χ0n) is 20.0. The molecule has 0 amide bonds. The van der Waals surface area contributed by atoms with Gasteiger partial charge in [0, 0.05) is 6.42 Å². The van der Waals surface area contributed by atoms with Gasteiger partial charge in [-0.3, -0.25) is 0 Å². The van der Waals surface area contributed by atoms with Crippen molar-refractivity contribution in [1.29, 1.82) is 0 Å². The summed E-state index contributed by atoms with van der Waals surface area (Å²) in [6.07, 6.45) is 25.9. The Morgan fingerprint density at radius 3 is 1.62 bits per heavy atom. The van der Waals surface area contributed by atoms with Crippen LogP contribution < -0.4 is 0 Å². The molecule has 1 nitrogen and oxygen atoms in total. The highest BCUT2D eigenvalue weighted by atomic mass is 15.3. The average molecular weight is 401 g/mol. The Labute approximate surface area is 183 Å². The van der Waals surface area contributed by atoms with Crippen LogP contribution in [0.3, 0.4) is 0 Å². The number of hydrogen-bond donors (Lipinski definition) is 0. The van der Waals surface area contributed by atoms with Crippen molar-refractivity contribution in [1.82, 2.24) is 0 Å². The third kappa shape index (κ3) is 16.4. The molecule has 0 aliphatic rings. The first kappa shape index (κ1) is 26.0. The summed E-state index contributed by atoms with van der Waals surface area (Å²) in [5.41, 5.74) is 1.31. The Morgan fingerprint density at radius 1 is 0.621 bits per heavy atom. The van der Waals surface area contributed by atoms with Crippen LogP contribution in [0.1, 0.15) is 109 Å². The molecule has 0 radical (unpaired) electrons. The zero-order valence-corrected chi connectivity index (χ0v) is 20.0. The highest BCUT2D eigenvalue weighted by Gasteiger charge is 2.12. The number of benzene rings is 1. The molecule has 0 spiro atoms. The van der Waals surface area contributed by atoms with Gasteiger partial charge in [-0.2, -0.15) is 0 Å². The Balaban J connectivity index is 1.89. The lowest BCUT2D eigenvalue weighted by Crippen LogP contribution is -2.41. The lowest BCUT2D eigenvalue weighted by atomic mass is 10.0. The zero-order chi connectivity index (χ0) is 21.0. The van der Waals surface area contributed by atoms with Gasteiger partial charge in [0.1, 0.15) is 0 Å². The molecule has 1 heteroatoms. The molecule has 0 N–H and O–H groups in total. The van der Waals surface area contributed by atoms with E-state index in [1.807, 2.05) is 0 Å². The molecule has 0 aromatic heterocycles. The number of hydrogen-bond acceptors (Lipinski definition) is 0. The Kier molecular flexibility index (Phi) is 15.9. The topological polar surface area (TPSA) is 0 Å². The van der Waals surface area contributed by atoms with Crippen molar-refractivity contribution in [3.63, 3.8) is 0 Å². The summed E-state index contributed by atoms with van der Waals surface area (Å²) in [5, 5.41) is 0. The molecule has 1 rings (SSSR count). The molecule has 0 unspecified atom stereocenters. The molecule has 0 saturated heterocycles. The van der Waals surface area contributed by atoms with Crippen molar-refractivity contribution < 1.29 is 4.48 Å². The summed E-state index contributed by atoms with van der Waals surface area (Å²) in [5.74, 6) is 0. The molecule has 29 heavy (non-hydrogen) atoms. The van der Waals surface area contributed by atoms with Crippen molar-refractivity contribution in [2.75, 3.05) is 27.2 Å². The van der Waals surface area contributed by atoms with Crippen LogP contribution in [0, 0.1) is 0 Å². The van der Waals surface area contributed by atoms with Gasteiger partial charge >= 0.3 is 0 Å². The van der Waals surface area contributed by atoms with Gasteiger partial charge in [-0.1, -0.05) is 126 Å². The van der Waals surface area contributed by atoms with Crippen LogP contribution in [0.2, 0.25) is 0 Å². The second-order valence-corrected chi connectivity index (χ2v) is 9.58. The van der Waals surface area contributed by atoms with Crippen molar-refractivity contribution in [2.45, 2.75) is 103 Å². The maximum absolute atomic E-state index is 2.39. The predicted octanol–water partition coefficient (Wildman–Crippen LogP) is 8.65. The van der Waals surface area contributed by atoms with Gasteiger partial charge in [0.05, 0.1) is 27.2 Å². The maximum Gasteiger partial charge on any atom is 0.0817 e. The normalized spacial score (nSPS) is 12.1. The van der Waals surface area contributed by atoms with E-state index >= 15 is 0 Å². The SMILES string of the molecule is CCCCCCCCCCCCCCCC[N+](C)(C)CCC=Cc1ccccc1. The highest BCUT2D eigenvalue weighted by Crippen LogP contribution is 2.14. The monoisotopic (exact) mass is 400 g/mol. The molecule has 0 atom stereocenters. The van der Waals surface area contributed by atoms with Gasteiger partial charge in [-0.05, 0) is 18.4 Å². The van der Waals surface area contributed by atoms with Crippen LogP contribution >= 0.6 is 0 Å². The lowest BCUT2D eigenvalue weighted by molar-refractivity contribution is -0.890. The molecule has 0 saturated carbocycles. The van der Waals surface area contributed by atoms with Crippen LogP contribution in [-0.4, -0.2) is 31.7 Å². The van der Waals surface area contributed by atoms with E-state index < -0.39 is 0 Å². The van der Waals surface area contributed by atoms with Crippen LogP contribution in [0.5, 0.6) is 0 Å². The van der Waals surface area contributed by atoms with E-state index in [-0.39, 0.29) is 0 Å². The number of nitrogens with zero attached hydrogens (tertiary/aromatic N) is 1. The predicted molar refractivity (Wildman–Crippen MR) is 132 cm³/mol. The second kappa shape index (κ2) is 17.8. The first-order chi connectivity index (χ1) is 14.1. The van der Waals surface area contributed by atoms with Crippen molar-refractivity contribution in [2.24, 2.45) is 0 Å². The smallest absolute Gasteiger partial charge is 0.0817 e. The van der Waals surface area contributed by atoms with Crippen molar-refractivity contribution in [3.8, 4) is 0 Å². The van der Waals surface area contributed by atoms with E-state index in [0.717, 1.165) is 4.48 Å². The van der Waals surface area contributed by atoms with Gasteiger partial charge in [-0.15, -0.1) is 0 Å². The largest absolute Gasteiger partial charge is 0.328 e. The Hall–Kier alpha value is -1.08. The van der Waals surface area contributed by atoms with E-state index in [2.05, 4.69) is 63.5 Å². The summed E-state index contributed by atoms with van der Waals surface area (Å²) in [4.78, 5) is 0. The van der Waals surface area contributed by atoms with Crippen LogP contribution in [-0.2, 0) is 0 Å². The summed E-state index contributed by atoms with van der Waals surface area (Å²) in [7, 11) is 4.78. The Bertz CT molecular complexity index is 488. The quantitative estimate of drug-likeness (QED) is 0.161. The van der Waals surface area contributed by atoms with Gasteiger partial charge in [0.2, 0.25) is 0 Å².